The average molecular weight is 379 g/mol. The summed E-state index contributed by atoms with van der Waals surface area (Å²) in [6, 6.07) is 17.2. The topological polar surface area (TPSA) is 48.9 Å². The molecule has 1 fully saturated rings. The van der Waals surface area contributed by atoms with Crippen molar-refractivity contribution in [2.24, 2.45) is 4.99 Å². The highest BCUT2D eigenvalue weighted by Crippen LogP contribution is 2.27. The van der Waals surface area contributed by atoms with Crippen LogP contribution in [0.15, 0.2) is 53.5 Å². The molecule has 1 saturated heterocycles. The summed E-state index contributed by atoms with van der Waals surface area (Å²) in [7, 11) is 1.80. The minimum Gasteiger partial charge on any atom is -0.488 e. The van der Waals surface area contributed by atoms with Gasteiger partial charge in [0.1, 0.15) is 11.9 Å². The standard InChI is InChI=1S/C23H30N4O/c1-24-23(26-16-21-14-20-6-2-3-7-22(20)28-21)25-15-18-8-10-19(11-9-18)17-27-12-4-5-13-27/h2-3,6-11,21H,4-5,12-17H2,1H3,(H2,24,25,26). The molecule has 2 N–H and O–H groups in total. The SMILES string of the molecule is CN=C(NCc1ccc(CN2CCCC2)cc1)NCC1Cc2ccccc2O1. The molecule has 0 saturated carbocycles. The molecule has 0 bridgehead atoms. The van der Waals surface area contributed by atoms with E-state index in [1.165, 1.54) is 42.6 Å². The van der Waals surface area contributed by atoms with Crippen LogP contribution in [-0.2, 0) is 19.5 Å². The van der Waals surface area contributed by atoms with Crippen LogP contribution in [-0.4, -0.2) is 43.6 Å². The molecule has 0 aliphatic carbocycles. The number of para-hydroxylation sites is 1. The van der Waals surface area contributed by atoms with E-state index in [1.807, 2.05) is 12.1 Å². The third-order valence-corrected chi connectivity index (χ3v) is 5.52. The van der Waals surface area contributed by atoms with Gasteiger partial charge in [-0.25, -0.2) is 0 Å². The van der Waals surface area contributed by atoms with Gasteiger partial charge in [-0.15, -0.1) is 0 Å². The lowest BCUT2D eigenvalue weighted by Gasteiger charge is -2.16. The minimum absolute atomic E-state index is 0.154. The van der Waals surface area contributed by atoms with Gasteiger partial charge in [0.2, 0.25) is 0 Å². The lowest BCUT2D eigenvalue weighted by atomic mass is 10.1. The Morgan fingerprint density at radius 2 is 1.79 bits per heavy atom. The molecule has 0 aromatic heterocycles. The fraction of sp³-hybridized carbons (Fsp3) is 0.435. The summed E-state index contributed by atoms with van der Waals surface area (Å²) in [6.45, 7) is 5.04. The number of nitrogens with zero attached hydrogens (tertiary/aromatic N) is 2. The van der Waals surface area contributed by atoms with Crippen molar-refractivity contribution in [2.45, 2.75) is 38.5 Å². The van der Waals surface area contributed by atoms with Gasteiger partial charge in [-0.05, 0) is 48.7 Å². The van der Waals surface area contributed by atoms with Crippen LogP contribution in [0.25, 0.3) is 0 Å². The van der Waals surface area contributed by atoms with Gasteiger partial charge in [-0.3, -0.25) is 9.89 Å². The molecule has 2 aromatic carbocycles. The molecular weight excluding hydrogens is 348 g/mol. The maximum atomic E-state index is 5.98. The number of guanidine groups is 1. The Morgan fingerprint density at radius 3 is 2.54 bits per heavy atom. The predicted octanol–water partition coefficient (Wildman–Crippen LogP) is 2.95. The fourth-order valence-electron chi connectivity index (χ4n) is 3.95. The molecule has 0 amide bonds. The molecule has 2 aliphatic rings. The van der Waals surface area contributed by atoms with Crippen LogP contribution in [0, 0.1) is 0 Å². The van der Waals surface area contributed by atoms with Crippen molar-refractivity contribution >= 4 is 5.96 Å². The second-order valence-corrected chi connectivity index (χ2v) is 7.66. The van der Waals surface area contributed by atoms with Crippen molar-refractivity contribution in [3.05, 3.63) is 65.2 Å². The predicted molar refractivity (Wildman–Crippen MR) is 114 cm³/mol. The number of aliphatic imine (C=N–C) groups is 1. The van der Waals surface area contributed by atoms with E-state index in [0.717, 1.165) is 37.8 Å². The summed E-state index contributed by atoms with van der Waals surface area (Å²) in [5.74, 6) is 1.81. The van der Waals surface area contributed by atoms with Gasteiger partial charge in [-0.1, -0.05) is 42.5 Å². The van der Waals surface area contributed by atoms with E-state index in [0.29, 0.717) is 0 Å². The molecule has 28 heavy (non-hydrogen) atoms. The molecule has 2 heterocycles. The van der Waals surface area contributed by atoms with E-state index in [-0.39, 0.29) is 6.10 Å². The summed E-state index contributed by atoms with van der Waals surface area (Å²) in [5.41, 5.74) is 3.94. The van der Waals surface area contributed by atoms with Crippen LogP contribution >= 0.6 is 0 Å². The van der Waals surface area contributed by atoms with Gasteiger partial charge >= 0.3 is 0 Å². The zero-order chi connectivity index (χ0) is 19.2. The maximum Gasteiger partial charge on any atom is 0.191 e. The van der Waals surface area contributed by atoms with Gasteiger partial charge in [0.25, 0.3) is 0 Å². The minimum atomic E-state index is 0.154. The molecule has 148 valence electrons. The quantitative estimate of drug-likeness (QED) is 0.599. The first-order valence-corrected chi connectivity index (χ1v) is 10.3. The Morgan fingerprint density at radius 1 is 1.04 bits per heavy atom. The van der Waals surface area contributed by atoms with Gasteiger partial charge in [-0.2, -0.15) is 0 Å². The number of benzene rings is 2. The number of ether oxygens (including phenoxy) is 1. The molecule has 1 atom stereocenters. The van der Waals surface area contributed by atoms with Crippen LogP contribution in [0.5, 0.6) is 5.75 Å². The Labute approximate surface area is 167 Å². The Hall–Kier alpha value is -2.53. The summed E-state index contributed by atoms with van der Waals surface area (Å²) in [5, 5.41) is 6.78. The smallest absolute Gasteiger partial charge is 0.191 e. The van der Waals surface area contributed by atoms with E-state index in [2.05, 4.69) is 56.9 Å². The highest BCUT2D eigenvalue weighted by atomic mass is 16.5. The van der Waals surface area contributed by atoms with Crippen molar-refractivity contribution in [1.29, 1.82) is 0 Å². The third-order valence-electron chi connectivity index (χ3n) is 5.52. The highest BCUT2D eigenvalue weighted by molar-refractivity contribution is 5.79. The van der Waals surface area contributed by atoms with Gasteiger partial charge in [0.15, 0.2) is 5.96 Å². The molecule has 1 unspecified atom stereocenters. The van der Waals surface area contributed by atoms with Crippen molar-refractivity contribution in [2.75, 3.05) is 26.7 Å². The van der Waals surface area contributed by atoms with Crippen LogP contribution in [0.4, 0.5) is 0 Å². The van der Waals surface area contributed by atoms with E-state index in [1.54, 1.807) is 7.05 Å². The maximum absolute atomic E-state index is 5.98. The van der Waals surface area contributed by atoms with E-state index >= 15 is 0 Å². The summed E-state index contributed by atoms with van der Waals surface area (Å²) < 4.78 is 5.98. The first-order chi connectivity index (χ1) is 13.8. The number of rotatable bonds is 6. The normalized spacial score (nSPS) is 19.3. The molecule has 0 spiro atoms. The number of hydrogen-bond donors (Lipinski definition) is 2. The third kappa shape index (κ3) is 4.84. The second-order valence-electron chi connectivity index (χ2n) is 7.66. The van der Waals surface area contributed by atoms with Crippen LogP contribution in [0.1, 0.15) is 29.5 Å². The number of fused-ring (bicyclic) bond motifs is 1. The van der Waals surface area contributed by atoms with Crippen molar-refractivity contribution in [3.8, 4) is 5.75 Å². The Kier molecular flexibility index (Phi) is 6.12. The van der Waals surface area contributed by atoms with Gasteiger partial charge in [0, 0.05) is 26.6 Å². The zero-order valence-corrected chi connectivity index (χ0v) is 16.7. The van der Waals surface area contributed by atoms with Crippen LogP contribution < -0.4 is 15.4 Å². The van der Waals surface area contributed by atoms with Crippen molar-refractivity contribution < 1.29 is 4.74 Å². The van der Waals surface area contributed by atoms with Crippen LogP contribution in [0.2, 0.25) is 0 Å². The molecule has 5 nitrogen and oxygen atoms in total. The monoisotopic (exact) mass is 378 g/mol. The van der Waals surface area contributed by atoms with E-state index < -0.39 is 0 Å². The molecule has 0 radical (unpaired) electrons. The first-order valence-electron chi connectivity index (χ1n) is 10.3. The molecule has 2 aromatic rings. The first kappa shape index (κ1) is 18.8. The second kappa shape index (κ2) is 9.11. The number of hydrogen-bond acceptors (Lipinski definition) is 3. The number of nitrogens with one attached hydrogen (secondary N) is 2. The Balaban J connectivity index is 1.21. The molecular formula is C23H30N4O. The fourth-order valence-corrected chi connectivity index (χ4v) is 3.95. The van der Waals surface area contributed by atoms with Gasteiger partial charge < -0.3 is 15.4 Å². The number of likely N-dealkylation sites (tertiary alicyclic amines) is 1. The molecule has 2 aliphatic heterocycles. The van der Waals surface area contributed by atoms with E-state index in [4.69, 9.17) is 4.74 Å². The Bertz CT molecular complexity index is 772. The summed E-state index contributed by atoms with van der Waals surface area (Å²) >= 11 is 0. The lowest BCUT2D eigenvalue weighted by Crippen LogP contribution is -2.41. The van der Waals surface area contributed by atoms with Gasteiger partial charge in [0.05, 0.1) is 6.54 Å². The average Bonchev–Trinajstić information content (AvgIpc) is 3.38. The van der Waals surface area contributed by atoms with E-state index in [9.17, 15) is 0 Å². The highest BCUT2D eigenvalue weighted by Gasteiger charge is 2.22. The van der Waals surface area contributed by atoms with Crippen molar-refractivity contribution in [1.82, 2.24) is 15.5 Å². The zero-order valence-electron chi connectivity index (χ0n) is 16.7. The summed E-state index contributed by atoms with van der Waals surface area (Å²) in [6.07, 6.45) is 3.78. The largest absolute Gasteiger partial charge is 0.488 e. The van der Waals surface area contributed by atoms with Crippen LogP contribution in [0.3, 0.4) is 0 Å². The van der Waals surface area contributed by atoms with Crippen molar-refractivity contribution in [3.63, 3.8) is 0 Å². The lowest BCUT2D eigenvalue weighted by molar-refractivity contribution is 0.235. The molecule has 5 heteroatoms. The molecule has 4 rings (SSSR count). The summed E-state index contributed by atoms with van der Waals surface area (Å²) in [4.78, 5) is 6.86.